The van der Waals surface area contributed by atoms with Gasteiger partial charge in [-0.1, -0.05) is 32.0 Å². The van der Waals surface area contributed by atoms with Crippen molar-refractivity contribution in [1.29, 1.82) is 0 Å². The summed E-state index contributed by atoms with van der Waals surface area (Å²) in [6.07, 6.45) is 3.49. The number of para-hydroxylation sites is 1. The smallest absolute Gasteiger partial charge is 0.321 e. The van der Waals surface area contributed by atoms with Gasteiger partial charge in [0.15, 0.2) is 0 Å². The van der Waals surface area contributed by atoms with E-state index < -0.39 is 0 Å². The van der Waals surface area contributed by atoms with Gasteiger partial charge in [0, 0.05) is 44.3 Å². The van der Waals surface area contributed by atoms with Crippen LogP contribution in [0.3, 0.4) is 0 Å². The zero-order chi connectivity index (χ0) is 17.8. The summed E-state index contributed by atoms with van der Waals surface area (Å²) in [5.41, 5.74) is 3.21. The highest BCUT2D eigenvalue weighted by Gasteiger charge is 2.23. The van der Waals surface area contributed by atoms with Crippen molar-refractivity contribution in [2.75, 3.05) is 36.4 Å². The lowest BCUT2D eigenvalue weighted by Gasteiger charge is -2.35. The quantitative estimate of drug-likeness (QED) is 0.932. The molecule has 25 heavy (non-hydrogen) atoms. The first-order chi connectivity index (χ1) is 12.1. The fraction of sp³-hybridized carbons (Fsp3) is 0.421. The predicted molar refractivity (Wildman–Crippen MR) is 100 cm³/mol. The van der Waals surface area contributed by atoms with Crippen LogP contribution in [0.15, 0.2) is 36.7 Å². The molecule has 3 rings (SSSR count). The number of aromatic nitrogens is 2. The fourth-order valence-corrected chi connectivity index (χ4v) is 3.09. The fourth-order valence-electron chi connectivity index (χ4n) is 3.09. The van der Waals surface area contributed by atoms with E-state index in [1.807, 2.05) is 30.0 Å². The molecule has 1 N–H and O–H groups in total. The van der Waals surface area contributed by atoms with Gasteiger partial charge in [-0.15, -0.1) is 0 Å². The minimum Gasteiger partial charge on any atom is -0.337 e. The molecule has 0 radical (unpaired) electrons. The third-order valence-corrected chi connectivity index (χ3v) is 4.56. The highest BCUT2D eigenvalue weighted by Crippen LogP contribution is 2.27. The Morgan fingerprint density at radius 2 is 1.76 bits per heavy atom. The number of anilines is 2. The summed E-state index contributed by atoms with van der Waals surface area (Å²) in [5, 5.41) is 3.12. The van der Waals surface area contributed by atoms with Crippen molar-refractivity contribution in [3.05, 3.63) is 47.8 Å². The van der Waals surface area contributed by atoms with E-state index in [9.17, 15) is 4.79 Å². The summed E-state index contributed by atoms with van der Waals surface area (Å²) in [4.78, 5) is 25.2. The Labute approximate surface area is 148 Å². The lowest BCUT2D eigenvalue weighted by Crippen LogP contribution is -2.50. The van der Waals surface area contributed by atoms with E-state index in [2.05, 4.69) is 40.1 Å². The van der Waals surface area contributed by atoms with Gasteiger partial charge in [-0.3, -0.25) is 0 Å². The molecule has 1 aromatic carbocycles. The van der Waals surface area contributed by atoms with E-state index in [-0.39, 0.29) is 6.03 Å². The highest BCUT2D eigenvalue weighted by atomic mass is 16.2. The number of nitrogens with zero attached hydrogens (tertiary/aromatic N) is 4. The van der Waals surface area contributed by atoms with Gasteiger partial charge in [-0.25, -0.2) is 14.8 Å². The second-order valence-corrected chi connectivity index (χ2v) is 6.65. The zero-order valence-electron chi connectivity index (χ0n) is 15.1. The topological polar surface area (TPSA) is 61.4 Å². The zero-order valence-corrected chi connectivity index (χ0v) is 15.1. The van der Waals surface area contributed by atoms with Crippen LogP contribution >= 0.6 is 0 Å². The van der Waals surface area contributed by atoms with Gasteiger partial charge in [0.1, 0.15) is 0 Å². The first kappa shape index (κ1) is 17.2. The van der Waals surface area contributed by atoms with E-state index in [4.69, 9.17) is 0 Å². The van der Waals surface area contributed by atoms with Crippen molar-refractivity contribution >= 4 is 17.7 Å². The molecule has 0 spiro atoms. The molecule has 0 bridgehead atoms. The molecule has 0 saturated carbocycles. The number of hydrogen-bond donors (Lipinski definition) is 1. The molecule has 1 fully saturated rings. The first-order valence-electron chi connectivity index (χ1n) is 8.73. The van der Waals surface area contributed by atoms with Crippen molar-refractivity contribution in [3.63, 3.8) is 0 Å². The summed E-state index contributed by atoms with van der Waals surface area (Å²) in [6.45, 7) is 9.11. The average Bonchev–Trinajstić information content (AvgIpc) is 2.64. The maximum absolute atomic E-state index is 12.7. The standard InChI is InChI=1S/C19H25N5O/c1-14(2)16-7-4-6-15(3)17(16)22-19(25)24-12-10-23(11-13-24)18-20-8-5-9-21-18/h4-9,14H,10-13H2,1-3H3,(H,22,25). The molecule has 0 atom stereocenters. The number of carbonyl (C=O) groups excluding carboxylic acids is 1. The van der Waals surface area contributed by atoms with Gasteiger partial charge in [-0.05, 0) is 30.0 Å². The first-order valence-corrected chi connectivity index (χ1v) is 8.73. The van der Waals surface area contributed by atoms with Crippen LogP contribution in [-0.2, 0) is 0 Å². The van der Waals surface area contributed by atoms with Crippen LogP contribution in [0.1, 0.15) is 30.9 Å². The number of benzene rings is 1. The monoisotopic (exact) mass is 339 g/mol. The lowest BCUT2D eigenvalue weighted by molar-refractivity contribution is 0.208. The van der Waals surface area contributed by atoms with Crippen molar-refractivity contribution in [3.8, 4) is 0 Å². The predicted octanol–water partition coefficient (Wildman–Crippen LogP) is 3.26. The Morgan fingerprint density at radius 1 is 1.08 bits per heavy atom. The number of urea groups is 1. The number of carbonyl (C=O) groups is 1. The third-order valence-electron chi connectivity index (χ3n) is 4.56. The summed E-state index contributed by atoms with van der Waals surface area (Å²) in [7, 11) is 0. The minimum absolute atomic E-state index is 0.0372. The van der Waals surface area contributed by atoms with Crippen LogP contribution in [-0.4, -0.2) is 47.1 Å². The van der Waals surface area contributed by atoms with Gasteiger partial charge in [-0.2, -0.15) is 0 Å². The van der Waals surface area contributed by atoms with Crippen LogP contribution in [0, 0.1) is 6.92 Å². The average molecular weight is 339 g/mol. The molecular weight excluding hydrogens is 314 g/mol. The van der Waals surface area contributed by atoms with Crippen LogP contribution in [0.25, 0.3) is 0 Å². The van der Waals surface area contributed by atoms with Gasteiger partial charge < -0.3 is 15.1 Å². The Hall–Kier alpha value is -2.63. The van der Waals surface area contributed by atoms with Crippen LogP contribution in [0.4, 0.5) is 16.4 Å². The van der Waals surface area contributed by atoms with E-state index >= 15 is 0 Å². The molecule has 2 aromatic rings. The molecule has 0 aliphatic carbocycles. The summed E-state index contributed by atoms with van der Waals surface area (Å²) < 4.78 is 0. The Bertz CT molecular complexity index is 724. The number of piperazine rings is 1. The Morgan fingerprint density at radius 3 is 2.40 bits per heavy atom. The van der Waals surface area contributed by atoms with Crippen molar-refractivity contribution in [1.82, 2.24) is 14.9 Å². The highest BCUT2D eigenvalue weighted by molar-refractivity contribution is 5.91. The molecular formula is C19H25N5O. The van der Waals surface area contributed by atoms with Gasteiger partial charge in [0.25, 0.3) is 0 Å². The SMILES string of the molecule is Cc1cccc(C(C)C)c1NC(=O)N1CCN(c2ncccn2)CC1. The second-order valence-electron chi connectivity index (χ2n) is 6.65. The number of amides is 2. The van der Waals surface area contributed by atoms with E-state index in [0.29, 0.717) is 19.0 Å². The van der Waals surface area contributed by atoms with Gasteiger partial charge >= 0.3 is 6.03 Å². The van der Waals surface area contributed by atoms with E-state index in [1.54, 1.807) is 12.4 Å². The summed E-state index contributed by atoms with van der Waals surface area (Å²) in [5.74, 6) is 1.09. The Kier molecular flexibility index (Phi) is 5.16. The number of nitrogens with one attached hydrogen (secondary N) is 1. The molecule has 0 unspecified atom stereocenters. The summed E-state index contributed by atoms with van der Waals surface area (Å²) in [6, 6.07) is 7.93. The van der Waals surface area contributed by atoms with Gasteiger partial charge in [0.05, 0.1) is 0 Å². The largest absolute Gasteiger partial charge is 0.337 e. The maximum Gasteiger partial charge on any atom is 0.321 e. The van der Waals surface area contributed by atoms with Gasteiger partial charge in [0.2, 0.25) is 5.95 Å². The van der Waals surface area contributed by atoms with E-state index in [0.717, 1.165) is 30.3 Å². The molecule has 2 heterocycles. The molecule has 1 aliphatic rings. The van der Waals surface area contributed by atoms with Crippen molar-refractivity contribution < 1.29 is 4.79 Å². The molecule has 6 nitrogen and oxygen atoms in total. The Balaban J connectivity index is 1.64. The number of hydrogen-bond acceptors (Lipinski definition) is 4. The van der Waals surface area contributed by atoms with Crippen molar-refractivity contribution in [2.24, 2.45) is 0 Å². The number of aryl methyl sites for hydroxylation is 1. The molecule has 132 valence electrons. The maximum atomic E-state index is 12.7. The van der Waals surface area contributed by atoms with Crippen LogP contribution in [0.2, 0.25) is 0 Å². The molecule has 2 amide bonds. The molecule has 1 aliphatic heterocycles. The van der Waals surface area contributed by atoms with Crippen LogP contribution < -0.4 is 10.2 Å². The molecule has 6 heteroatoms. The molecule has 1 saturated heterocycles. The number of rotatable bonds is 3. The summed E-state index contributed by atoms with van der Waals surface area (Å²) >= 11 is 0. The van der Waals surface area contributed by atoms with Crippen molar-refractivity contribution in [2.45, 2.75) is 26.7 Å². The van der Waals surface area contributed by atoms with Crippen LogP contribution in [0.5, 0.6) is 0 Å². The minimum atomic E-state index is -0.0372. The second kappa shape index (κ2) is 7.51. The normalized spacial score (nSPS) is 14.7. The molecule has 1 aromatic heterocycles. The van der Waals surface area contributed by atoms with E-state index in [1.165, 1.54) is 5.56 Å². The third kappa shape index (κ3) is 3.90. The lowest BCUT2D eigenvalue weighted by atomic mass is 9.98.